The summed E-state index contributed by atoms with van der Waals surface area (Å²) in [7, 11) is 0. The summed E-state index contributed by atoms with van der Waals surface area (Å²) < 4.78 is 1.63. The summed E-state index contributed by atoms with van der Waals surface area (Å²) in [4.78, 5) is 31.9. The molecular weight excluding hydrogens is 362 g/mol. The molecule has 1 aromatic carbocycles. The number of benzene rings is 1. The van der Waals surface area contributed by atoms with Gasteiger partial charge in [-0.1, -0.05) is 12.1 Å². The first-order chi connectivity index (χ1) is 13.6. The van der Waals surface area contributed by atoms with Gasteiger partial charge in [-0.2, -0.15) is 5.10 Å². The molecule has 0 saturated heterocycles. The second kappa shape index (κ2) is 8.73. The van der Waals surface area contributed by atoms with Gasteiger partial charge in [0.2, 0.25) is 0 Å². The molecular formula is C18H19N7O3. The molecule has 0 radical (unpaired) electrons. The van der Waals surface area contributed by atoms with E-state index < -0.39 is 5.91 Å². The van der Waals surface area contributed by atoms with Crippen molar-refractivity contribution in [2.75, 3.05) is 24.2 Å². The number of aromatic nitrogens is 4. The van der Waals surface area contributed by atoms with E-state index in [1.54, 1.807) is 29.1 Å². The Kier molecular flexibility index (Phi) is 5.92. The summed E-state index contributed by atoms with van der Waals surface area (Å²) in [5, 5.41) is 18.3. The molecule has 2 aromatic heterocycles. The van der Waals surface area contributed by atoms with Crippen molar-refractivity contribution < 1.29 is 14.7 Å². The van der Waals surface area contributed by atoms with Crippen molar-refractivity contribution in [2.45, 2.75) is 6.54 Å². The van der Waals surface area contributed by atoms with Gasteiger partial charge in [0.05, 0.1) is 25.0 Å². The van der Waals surface area contributed by atoms with Gasteiger partial charge in [-0.15, -0.1) is 0 Å². The largest absolute Gasteiger partial charge is 0.395 e. The maximum atomic E-state index is 12.2. The van der Waals surface area contributed by atoms with Crippen LogP contribution in [0.25, 0.3) is 0 Å². The Hall–Kier alpha value is -3.79. The summed E-state index contributed by atoms with van der Waals surface area (Å²) >= 11 is 0. The van der Waals surface area contributed by atoms with Gasteiger partial charge < -0.3 is 21.5 Å². The normalized spacial score (nSPS) is 10.5. The highest BCUT2D eigenvalue weighted by molar-refractivity contribution is 6.05. The second-order valence-electron chi connectivity index (χ2n) is 5.85. The monoisotopic (exact) mass is 381 g/mol. The van der Waals surface area contributed by atoms with Crippen molar-refractivity contribution in [1.82, 2.24) is 25.1 Å². The van der Waals surface area contributed by atoms with Crippen LogP contribution in [0.2, 0.25) is 0 Å². The number of amides is 2. The van der Waals surface area contributed by atoms with Gasteiger partial charge in [0.1, 0.15) is 0 Å². The summed E-state index contributed by atoms with van der Waals surface area (Å²) in [6, 6.07) is 7.07. The standard InChI is InChI=1S/C18H19N7O3/c19-16-15(20-4-5-21-16)18(28)24-14-9-23-25(11-14)10-12-2-1-3-13(8-12)17(27)22-6-7-26/h1-5,8-9,11,26H,6-7,10H2,(H2,19,21)(H,22,27)(H,24,28). The van der Waals surface area contributed by atoms with E-state index in [9.17, 15) is 9.59 Å². The van der Waals surface area contributed by atoms with E-state index in [1.807, 2.05) is 6.07 Å². The Bertz CT molecular complexity index is 987. The number of carbonyl (C=O) groups is 2. The van der Waals surface area contributed by atoms with Crippen LogP contribution >= 0.6 is 0 Å². The molecule has 0 bridgehead atoms. The SMILES string of the molecule is Nc1nccnc1C(=O)Nc1cnn(Cc2cccc(C(=O)NCCO)c2)c1. The van der Waals surface area contributed by atoms with Crippen molar-refractivity contribution in [3.8, 4) is 0 Å². The first kappa shape index (κ1) is 19.0. The fourth-order valence-corrected chi connectivity index (χ4v) is 2.50. The number of carbonyl (C=O) groups excluding carboxylic acids is 2. The van der Waals surface area contributed by atoms with Crippen molar-refractivity contribution in [3.63, 3.8) is 0 Å². The van der Waals surface area contributed by atoms with Gasteiger partial charge in [-0.05, 0) is 17.7 Å². The van der Waals surface area contributed by atoms with Crippen LogP contribution in [0.3, 0.4) is 0 Å². The number of aliphatic hydroxyl groups excluding tert-OH is 1. The highest BCUT2D eigenvalue weighted by Crippen LogP contribution is 2.12. The third-order valence-electron chi connectivity index (χ3n) is 3.76. The maximum Gasteiger partial charge on any atom is 0.278 e. The molecule has 10 nitrogen and oxygen atoms in total. The van der Waals surface area contributed by atoms with Crippen molar-refractivity contribution >= 4 is 23.3 Å². The number of anilines is 2. The Morgan fingerprint density at radius 3 is 2.79 bits per heavy atom. The smallest absolute Gasteiger partial charge is 0.278 e. The molecule has 10 heteroatoms. The van der Waals surface area contributed by atoms with Gasteiger partial charge in [0.15, 0.2) is 11.5 Å². The van der Waals surface area contributed by atoms with E-state index >= 15 is 0 Å². The third kappa shape index (κ3) is 4.68. The highest BCUT2D eigenvalue weighted by Gasteiger charge is 2.13. The minimum Gasteiger partial charge on any atom is -0.395 e. The first-order valence-electron chi connectivity index (χ1n) is 8.45. The van der Waals surface area contributed by atoms with Gasteiger partial charge in [-0.25, -0.2) is 9.97 Å². The van der Waals surface area contributed by atoms with E-state index in [4.69, 9.17) is 10.8 Å². The number of nitrogen functional groups attached to an aromatic ring is 1. The quantitative estimate of drug-likeness (QED) is 0.459. The van der Waals surface area contributed by atoms with E-state index in [0.29, 0.717) is 17.8 Å². The number of nitrogens with zero attached hydrogens (tertiary/aromatic N) is 4. The fourth-order valence-electron chi connectivity index (χ4n) is 2.50. The molecule has 0 fully saturated rings. The molecule has 2 amide bonds. The average molecular weight is 381 g/mol. The lowest BCUT2D eigenvalue weighted by Gasteiger charge is -2.06. The zero-order chi connectivity index (χ0) is 19.9. The molecule has 0 aliphatic heterocycles. The van der Waals surface area contributed by atoms with Crippen LogP contribution < -0.4 is 16.4 Å². The summed E-state index contributed by atoms with van der Waals surface area (Å²) in [6.07, 6.45) is 5.95. The Morgan fingerprint density at radius 2 is 2.00 bits per heavy atom. The fraction of sp³-hybridized carbons (Fsp3) is 0.167. The number of aliphatic hydroxyl groups is 1. The summed E-state index contributed by atoms with van der Waals surface area (Å²) in [5.41, 5.74) is 7.51. The molecule has 5 N–H and O–H groups in total. The van der Waals surface area contributed by atoms with Crippen LogP contribution in [0.15, 0.2) is 49.1 Å². The van der Waals surface area contributed by atoms with Crippen LogP contribution in [0.5, 0.6) is 0 Å². The van der Waals surface area contributed by atoms with Crippen LogP contribution in [0.1, 0.15) is 26.4 Å². The number of nitrogens with one attached hydrogen (secondary N) is 2. The van der Waals surface area contributed by atoms with Gasteiger partial charge in [-0.3, -0.25) is 14.3 Å². The maximum absolute atomic E-state index is 12.2. The first-order valence-corrected chi connectivity index (χ1v) is 8.45. The topological polar surface area (TPSA) is 148 Å². The van der Waals surface area contributed by atoms with Crippen molar-refractivity contribution in [1.29, 1.82) is 0 Å². The van der Waals surface area contributed by atoms with Crippen LogP contribution in [-0.2, 0) is 6.54 Å². The van der Waals surface area contributed by atoms with E-state index in [2.05, 4.69) is 25.7 Å². The molecule has 2 heterocycles. The van der Waals surface area contributed by atoms with Gasteiger partial charge >= 0.3 is 0 Å². The van der Waals surface area contributed by atoms with Crippen LogP contribution in [0, 0.1) is 0 Å². The third-order valence-corrected chi connectivity index (χ3v) is 3.76. The Labute approximate surface area is 160 Å². The highest BCUT2D eigenvalue weighted by atomic mass is 16.3. The molecule has 0 saturated carbocycles. The molecule has 3 rings (SSSR count). The second-order valence-corrected chi connectivity index (χ2v) is 5.85. The van der Waals surface area contributed by atoms with E-state index in [-0.39, 0.29) is 30.6 Å². The van der Waals surface area contributed by atoms with Gasteiger partial charge in [0, 0.05) is 30.7 Å². The van der Waals surface area contributed by atoms with E-state index in [1.165, 1.54) is 18.6 Å². The predicted molar refractivity (Wildman–Crippen MR) is 102 cm³/mol. The number of rotatable bonds is 7. The Balaban J connectivity index is 1.66. The number of hydrogen-bond acceptors (Lipinski definition) is 7. The van der Waals surface area contributed by atoms with Crippen LogP contribution in [-0.4, -0.2) is 49.8 Å². The minimum absolute atomic E-state index is 0.0387. The molecule has 144 valence electrons. The lowest BCUT2D eigenvalue weighted by Crippen LogP contribution is -2.26. The lowest BCUT2D eigenvalue weighted by molar-refractivity contribution is 0.0944. The van der Waals surface area contributed by atoms with Gasteiger partial charge in [0.25, 0.3) is 11.8 Å². The zero-order valence-corrected chi connectivity index (χ0v) is 14.9. The molecule has 0 spiro atoms. The van der Waals surface area contributed by atoms with E-state index in [0.717, 1.165) is 5.56 Å². The number of nitrogens with two attached hydrogens (primary N) is 1. The van der Waals surface area contributed by atoms with Crippen molar-refractivity contribution in [3.05, 3.63) is 65.9 Å². The molecule has 28 heavy (non-hydrogen) atoms. The average Bonchev–Trinajstić information content (AvgIpc) is 3.13. The van der Waals surface area contributed by atoms with Crippen molar-refractivity contribution in [2.24, 2.45) is 0 Å². The molecule has 0 aliphatic carbocycles. The zero-order valence-electron chi connectivity index (χ0n) is 14.9. The molecule has 0 aliphatic rings. The molecule has 0 unspecified atom stereocenters. The van der Waals surface area contributed by atoms with Crippen LogP contribution in [0.4, 0.5) is 11.5 Å². The Morgan fingerprint density at radius 1 is 1.18 bits per heavy atom. The number of hydrogen-bond donors (Lipinski definition) is 4. The minimum atomic E-state index is -0.479. The summed E-state index contributed by atoms with van der Waals surface area (Å²) in [5.74, 6) is -0.692. The molecule has 0 atom stereocenters. The lowest BCUT2D eigenvalue weighted by atomic mass is 10.1. The summed E-state index contributed by atoms with van der Waals surface area (Å²) in [6.45, 7) is 0.485. The predicted octanol–water partition coefficient (Wildman–Crippen LogP) is 0.278. The molecule has 3 aromatic rings.